The molecular formula is C13H25N3O4. The third kappa shape index (κ3) is 4.97. The lowest BCUT2D eigenvalue weighted by Gasteiger charge is -2.36. The van der Waals surface area contributed by atoms with Gasteiger partial charge in [-0.25, -0.2) is 4.79 Å². The minimum atomic E-state index is -0.967. The molecule has 0 unspecified atom stereocenters. The Kier molecular flexibility index (Phi) is 5.76. The van der Waals surface area contributed by atoms with Crippen molar-refractivity contribution in [3.05, 3.63) is 0 Å². The summed E-state index contributed by atoms with van der Waals surface area (Å²) in [5.41, 5.74) is -0.643. The molecule has 0 aliphatic carbocycles. The quantitative estimate of drug-likeness (QED) is 0.662. The highest BCUT2D eigenvalue weighted by Gasteiger charge is 2.31. The lowest BCUT2D eigenvalue weighted by molar-refractivity contribution is -0.137. The van der Waals surface area contributed by atoms with Crippen molar-refractivity contribution in [3.8, 4) is 0 Å². The summed E-state index contributed by atoms with van der Waals surface area (Å²) >= 11 is 0. The second kappa shape index (κ2) is 6.90. The van der Waals surface area contributed by atoms with Gasteiger partial charge >= 0.3 is 6.09 Å². The van der Waals surface area contributed by atoms with E-state index < -0.39 is 24.3 Å². The molecule has 0 bridgehead atoms. The predicted octanol–water partition coefficient (Wildman–Crippen LogP) is -0.308. The smallest absolute Gasteiger partial charge is 0.408 e. The van der Waals surface area contributed by atoms with Crippen molar-refractivity contribution in [2.75, 3.05) is 26.2 Å². The van der Waals surface area contributed by atoms with Gasteiger partial charge in [-0.2, -0.15) is 0 Å². The van der Waals surface area contributed by atoms with Gasteiger partial charge in [0.25, 0.3) is 0 Å². The molecule has 7 heteroatoms. The van der Waals surface area contributed by atoms with Gasteiger partial charge < -0.3 is 25.4 Å². The second-order valence-corrected chi connectivity index (χ2v) is 5.97. The number of ether oxygens (including phenoxy) is 1. The van der Waals surface area contributed by atoms with E-state index in [9.17, 15) is 14.7 Å². The lowest BCUT2D eigenvalue weighted by Crippen LogP contribution is -2.59. The van der Waals surface area contributed by atoms with E-state index in [1.807, 2.05) is 6.92 Å². The molecule has 0 radical (unpaired) electrons. The number of piperazine rings is 1. The van der Waals surface area contributed by atoms with Gasteiger partial charge in [0, 0.05) is 25.7 Å². The topological polar surface area (TPSA) is 90.9 Å². The number of carbonyl (C=O) groups is 2. The van der Waals surface area contributed by atoms with Crippen LogP contribution in [0.3, 0.4) is 0 Å². The largest absolute Gasteiger partial charge is 0.444 e. The maximum atomic E-state index is 12.3. The van der Waals surface area contributed by atoms with Crippen LogP contribution in [0.2, 0.25) is 0 Å². The van der Waals surface area contributed by atoms with E-state index in [0.29, 0.717) is 19.6 Å². The fraction of sp³-hybridized carbons (Fsp3) is 0.846. The Labute approximate surface area is 119 Å². The molecule has 1 heterocycles. The summed E-state index contributed by atoms with van der Waals surface area (Å²) in [5.74, 6) is -0.285. The molecule has 0 aromatic carbocycles. The molecule has 2 atom stereocenters. The number of nitrogens with one attached hydrogen (secondary N) is 2. The van der Waals surface area contributed by atoms with Gasteiger partial charge in [0.05, 0.1) is 6.61 Å². The number of amides is 2. The van der Waals surface area contributed by atoms with E-state index in [-0.39, 0.29) is 11.9 Å². The number of alkyl carbamates (subject to hydrolysis) is 1. The first-order valence-electron chi connectivity index (χ1n) is 6.86. The molecule has 7 nitrogen and oxygen atoms in total. The molecule has 0 aromatic rings. The van der Waals surface area contributed by atoms with Crippen molar-refractivity contribution in [1.82, 2.24) is 15.5 Å². The van der Waals surface area contributed by atoms with Gasteiger partial charge in [-0.1, -0.05) is 0 Å². The minimum Gasteiger partial charge on any atom is -0.444 e. The van der Waals surface area contributed by atoms with Crippen LogP contribution in [-0.2, 0) is 9.53 Å². The first kappa shape index (κ1) is 16.7. The van der Waals surface area contributed by atoms with Crippen molar-refractivity contribution in [2.45, 2.75) is 45.4 Å². The zero-order chi connectivity index (χ0) is 15.3. The molecule has 20 heavy (non-hydrogen) atoms. The zero-order valence-corrected chi connectivity index (χ0v) is 12.6. The highest BCUT2D eigenvalue weighted by molar-refractivity contribution is 5.86. The van der Waals surface area contributed by atoms with Crippen LogP contribution in [0.15, 0.2) is 0 Å². The Morgan fingerprint density at radius 1 is 1.50 bits per heavy atom. The van der Waals surface area contributed by atoms with Crippen molar-refractivity contribution in [2.24, 2.45) is 0 Å². The fourth-order valence-electron chi connectivity index (χ4n) is 2.00. The molecule has 1 aliphatic heterocycles. The molecule has 0 aromatic heterocycles. The van der Waals surface area contributed by atoms with Gasteiger partial charge in [0.15, 0.2) is 0 Å². The van der Waals surface area contributed by atoms with Crippen LogP contribution in [-0.4, -0.2) is 65.9 Å². The number of nitrogens with zero attached hydrogens (tertiary/aromatic N) is 1. The normalized spacial score (nSPS) is 21.2. The van der Waals surface area contributed by atoms with Crippen LogP contribution in [0.4, 0.5) is 4.79 Å². The van der Waals surface area contributed by atoms with Gasteiger partial charge in [-0.3, -0.25) is 4.79 Å². The third-order valence-corrected chi connectivity index (χ3v) is 2.96. The molecule has 1 aliphatic rings. The first-order valence-corrected chi connectivity index (χ1v) is 6.86. The first-order chi connectivity index (χ1) is 9.24. The van der Waals surface area contributed by atoms with E-state index >= 15 is 0 Å². The maximum absolute atomic E-state index is 12.3. The molecule has 0 saturated carbocycles. The molecule has 2 amide bonds. The molecular weight excluding hydrogens is 262 g/mol. The lowest BCUT2D eigenvalue weighted by atomic mass is 10.1. The Hall–Kier alpha value is -1.34. The molecule has 116 valence electrons. The van der Waals surface area contributed by atoms with Crippen LogP contribution < -0.4 is 10.6 Å². The summed E-state index contributed by atoms with van der Waals surface area (Å²) in [7, 11) is 0. The van der Waals surface area contributed by atoms with Crippen LogP contribution in [0.5, 0.6) is 0 Å². The third-order valence-electron chi connectivity index (χ3n) is 2.96. The molecule has 1 rings (SSSR count). The van der Waals surface area contributed by atoms with E-state index in [1.54, 1.807) is 25.7 Å². The van der Waals surface area contributed by atoms with E-state index in [0.717, 1.165) is 0 Å². The number of carbonyl (C=O) groups excluding carboxylic acids is 2. The van der Waals surface area contributed by atoms with Crippen molar-refractivity contribution in [3.63, 3.8) is 0 Å². The summed E-state index contributed by atoms with van der Waals surface area (Å²) in [5, 5.41) is 14.9. The fourth-order valence-corrected chi connectivity index (χ4v) is 2.00. The summed E-state index contributed by atoms with van der Waals surface area (Å²) < 4.78 is 5.09. The highest BCUT2D eigenvalue weighted by Crippen LogP contribution is 2.08. The van der Waals surface area contributed by atoms with Gasteiger partial charge in [0.1, 0.15) is 11.6 Å². The van der Waals surface area contributed by atoms with E-state index in [2.05, 4.69) is 10.6 Å². The monoisotopic (exact) mass is 287 g/mol. The standard InChI is InChI=1S/C13H25N3O4/c1-9-7-14-5-6-16(9)11(18)10(8-17)15-12(19)20-13(2,3)4/h9-10,14,17H,5-8H2,1-4H3,(H,15,19)/t9-,10+/m1/s1. The minimum absolute atomic E-state index is 0.0331. The van der Waals surface area contributed by atoms with Crippen molar-refractivity contribution >= 4 is 12.0 Å². The Morgan fingerprint density at radius 3 is 2.65 bits per heavy atom. The average Bonchev–Trinajstić information content (AvgIpc) is 2.33. The summed E-state index contributed by atoms with van der Waals surface area (Å²) in [6, 6.07) is -0.934. The summed E-state index contributed by atoms with van der Waals surface area (Å²) in [6.45, 7) is 8.66. The number of rotatable bonds is 3. The Bertz CT molecular complexity index is 354. The van der Waals surface area contributed by atoms with E-state index in [4.69, 9.17) is 4.74 Å². The van der Waals surface area contributed by atoms with E-state index in [1.165, 1.54) is 0 Å². The Balaban J connectivity index is 2.60. The number of aliphatic hydroxyl groups excluding tert-OH is 1. The molecule has 3 N–H and O–H groups in total. The van der Waals surface area contributed by atoms with Gasteiger partial charge in [-0.05, 0) is 27.7 Å². The molecule has 1 fully saturated rings. The SMILES string of the molecule is C[C@@H]1CNCCN1C(=O)[C@H](CO)NC(=O)OC(C)(C)C. The van der Waals surface area contributed by atoms with Crippen LogP contribution >= 0.6 is 0 Å². The summed E-state index contributed by atoms with van der Waals surface area (Å²) in [6.07, 6.45) is -0.701. The van der Waals surface area contributed by atoms with Crippen molar-refractivity contribution < 1.29 is 19.4 Å². The van der Waals surface area contributed by atoms with Crippen molar-refractivity contribution in [1.29, 1.82) is 0 Å². The zero-order valence-electron chi connectivity index (χ0n) is 12.6. The van der Waals surface area contributed by atoms with Crippen LogP contribution in [0, 0.1) is 0 Å². The summed E-state index contributed by atoms with van der Waals surface area (Å²) in [4.78, 5) is 25.6. The predicted molar refractivity (Wildman–Crippen MR) is 74.3 cm³/mol. The highest BCUT2D eigenvalue weighted by atomic mass is 16.6. The maximum Gasteiger partial charge on any atom is 0.408 e. The average molecular weight is 287 g/mol. The number of hydrogen-bond acceptors (Lipinski definition) is 5. The molecule has 1 saturated heterocycles. The van der Waals surface area contributed by atoms with Gasteiger partial charge in [-0.15, -0.1) is 0 Å². The second-order valence-electron chi connectivity index (χ2n) is 5.97. The Morgan fingerprint density at radius 2 is 2.15 bits per heavy atom. The number of aliphatic hydroxyl groups is 1. The van der Waals surface area contributed by atoms with Crippen LogP contribution in [0.1, 0.15) is 27.7 Å². The van der Waals surface area contributed by atoms with Crippen LogP contribution in [0.25, 0.3) is 0 Å². The van der Waals surface area contributed by atoms with Gasteiger partial charge in [0.2, 0.25) is 5.91 Å². The molecule has 0 spiro atoms. The number of hydrogen-bond donors (Lipinski definition) is 3.